The van der Waals surface area contributed by atoms with E-state index in [2.05, 4.69) is 24.1 Å². The van der Waals surface area contributed by atoms with Crippen molar-refractivity contribution in [2.45, 2.75) is 39.2 Å². The number of nitrogens with one attached hydrogen (secondary N) is 1. The van der Waals surface area contributed by atoms with Crippen LogP contribution in [-0.2, 0) is 6.42 Å². The van der Waals surface area contributed by atoms with E-state index in [1.165, 1.54) is 35.0 Å². The summed E-state index contributed by atoms with van der Waals surface area (Å²) in [6, 6.07) is 0.595. The largest absolute Gasteiger partial charge is 0.309 e. The Kier molecular flexibility index (Phi) is 2.65. The van der Waals surface area contributed by atoms with Gasteiger partial charge >= 0.3 is 0 Å². The van der Waals surface area contributed by atoms with Gasteiger partial charge in [0.2, 0.25) is 0 Å². The zero-order valence-corrected chi connectivity index (χ0v) is 9.08. The average Bonchev–Trinajstić information content (AvgIpc) is 2.72. The van der Waals surface area contributed by atoms with Gasteiger partial charge in [-0.25, -0.2) is 4.98 Å². The second-order valence-corrected chi connectivity index (χ2v) is 4.67. The predicted molar refractivity (Wildman–Crippen MR) is 56.2 cm³/mol. The molecule has 1 aliphatic heterocycles. The Morgan fingerprint density at radius 1 is 1.62 bits per heavy atom. The van der Waals surface area contributed by atoms with Gasteiger partial charge in [-0.3, -0.25) is 0 Å². The minimum atomic E-state index is 0.595. The Bertz CT molecular complexity index is 287. The second kappa shape index (κ2) is 3.76. The van der Waals surface area contributed by atoms with Crippen LogP contribution in [0.5, 0.6) is 0 Å². The number of hydrogen-bond donors (Lipinski definition) is 1. The maximum Gasteiger partial charge on any atom is 0.0928 e. The van der Waals surface area contributed by atoms with E-state index in [0.29, 0.717) is 6.04 Å². The molecule has 1 unspecified atom stereocenters. The maximum atomic E-state index is 4.55. The quantitative estimate of drug-likeness (QED) is 0.786. The number of rotatable bonds is 2. The van der Waals surface area contributed by atoms with Crippen molar-refractivity contribution in [1.29, 1.82) is 0 Å². The van der Waals surface area contributed by atoms with E-state index in [4.69, 9.17) is 0 Å². The molecule has 0 radical (unpaired) electrons. The third kappa shape index (κ3) is 1.76. The minimum Gasteiger partial charge on any atom is -0.309 e. The summed E-state index contributed by atoms with van der Waals surface area (Å²) in [6.45, 7) is 5.47. The summed E-state index contributed by atoms with van der Waals surface area (Å²) in [4.78, 5) is 6.02. The summed E-state index contributed by atoms with van der Waals surface area (Å²) in [6.07, 6.45) is 3.66. The highest BCUT2D eigenvalue weighted by Crippen LogP contribution is 2.30. The van der Waals surface area contributed by atoms with Crippen LogP contribution in [0.25, 0.3) is 0 Å². The molecule has 1 saturated heterocycles. The SMILES string of the molecule is CCc1nc(C)c(C2CCCN2)s1. The Labute approximate surface area is 83.4 Å². The molecule has 0 aromatic carbocycles. The third-order valence-corrected chi connectivity index (χ3v) is 3.97. The van der Waals surface area contributed by atoms with Gasteiger partial charge in [0.05, 0.1) is 10.7 Å². The van der Waals surface area contributed by atoms with Gasteiger partial charge in [0, 0.05) is 10.9 Å². The van der Waals surface area contributed by atoms with Gasteiger partial charge in [-0.05, 0) is 32.7 Å². The summed E-state index contributed by atoms with van der Waals surface area (Å²) in [5.41, 5.74) is 1.24. The molecule has 2 heterocycles. The normalized spacial score (nSPS) is 22.5. The van der Waals surface area contributed by atoms with Gasteiger partial charge in [-0.1, -0.05) is 6.92 Å². The van der Waals surface area contributed by atoms with Crippen LogP contribution < -0.4 is 5.32 Å². The lowest BCUT2D eigenvalue weighted by Crippen LogP contribution is -2.12. The molecular formula is C10H16N2S. The van der Waals surface area contributed by atoms with Crippen LogP contribution in [0.4, 0.5) is 0 Å². The molecule has 0 saturated carbocycles. The van der Waals surface area contributed by atoms with Crippen LogP contribution in [0.2, 0.25) is 0 Å². The lowest BCUT2D eigenvalue weighted by atomic mass is 10.2. The Morgan fingerprint density at radius 3 is 3.00 bits per heavy atom. The van der Waals surface area contributed by atoms with Gasteiger partial charge < -0.3 is 5.32 Å². The fourth-order valence-electron chi connectivity index (χ4n) is 1.85. The Morgan fingerprint density at radius 2 is 2.46 bits per heavy atom. The van der Waals surface area contributed by atoms with Crippen molar-refractivity contribution >= 4 is 11.3 Å². The topological polar surface area (TPSA) is 24.9 Å². The molecular weight excluding hydrogens is 180 g/mol. The first-order chi connectivity index (χ1) is 6.31. The molecule has 72 valence electrons. The fraction of sp³-hybridized carbons (Fsp3) is 0.700. The highest BCUT2D eigenvalue weighted by molar-refractivity contribution is 7.11. The Balaban J connectivity index is 2.22. The number of nitrogens with zero attached hydrogens (tertiary/aromatic N) is 1. The van der Waals surface area contributed by atoms with Crippen LogP contribution in [-0.4, -0.2) is 11.5 Å². The summed E-state index contributed by atoms with van der Waals surface area (Å²) < 4.78 is 0. The summed E-state index contributed by atoms with van der Waals surface area (Å²) in [7, 11) is 0. The van der Waals surface area contributed by atoms with Crippen LogP contribution in [0, 0.1) is 6.92 Å². The number of aromatic nitrogens is 1. The molecule has 2 rings (SSSR count). The molecule has 1 aromatic rings. The van der Waals surface area contributed by atoms with Crippen molar-refractivity contribution in [1.82, 2.24) is 10.3 Å². The van der Waals surface area contributed by atoms with Crippen LogP contribution in [0.15, 0.2) is 0 Å². The highest BCUT2D eigenvalue weighted by Gasteiger charge is 2.20. The average molecular weight is 196 g/mol. The van der Waals surface area contributed by atoms with Crippen molar-refractivity contribution in [2.24, 2.45) is 0 Å². The van der Waals surface area contributed by atoms with Gasteiger partial charge in [-0.15, -0.1) is 11.3 Å². The van der Waals surface area contributed by atoms with E-state index in [0.717, 1.165) is 6.42 Å². The molecule has 0 spiro atoms. The van der Waals surface area contributed by atoms with E-state index in [1.807, 2.05) is 11.3 Å². The minimum absolute atomic E-state index is 0.595. The lowest BCUT2D eigenvalue weighted by molar-refractivity contribution is 0.654. The first-order valence-corrected chi connectivity index (χ1v) is 5.82. The van der Waals surface area contributed by atoms with E-state index < -0.39 is 0 Å². The third-order valence-electron chi connectivity index (χ3n) is 2.56. The van der Waals surface area contributed by atoms with Crippen molar-refractivity contribution < 1.29 is 0 Å². The summed E-state index contributed by atoms with van der Waals surface area (Å²) in [5, 5.41) is 4.80. The molecule has 1 aromatic heterocycles. The molecule has 1 N–H and O–H groups in total. The molecule has 1 aliphatic rings. The van der Waals surface area contributed by atoms with E-state index in [9.17, 15) is 0 Å². The lowest BCUT2D eigenvalue weighted by Gasteiger charge is -2.06. The molecule has 3 heteroatoms. The van der Waals surface area contributed by atoms with Gasteiger partial charge in [0.1, 0.15) is 0 Å². The van der Waals surface area contributed by atoms with Gasteiger partial charge in [-0.2, -0.15) is 0 Å². The van der Waals surface area contributed by atoms with E-state index in [-0.39, 0.29) is 0 Å². The molecule has 2 nitrogen and oxygen atoms in total. The predicted octanol–water partition coefficient (Wildman–Crippen LogP) is 2.44. The van der Waals surface area contributed by atoms with Gasteiger partial charge in [0.25, 0.3) is 0 Å². The van der Waals surface area contributed by atoms with Crippen molar-refractivity contribution in [2.75, 3.05) is 6.54 Å². The molecule has 1 fully saturated rings. The first kappa shape index (κ1) is 9.16. The fourth-order valence-corrected chi connectivity index (χ4v) is 2.97. The van der Waals surface area contributed by atoms with Gasteiger partial charge in [0.15, 0.2) is 0 Å². The first-order valence-electron chi connectivity index (χ1n) is 5.01. The van der Waals surface area contributed by atoms with E-state index >= 15 is 0 Å². The molecule has 0 amide bonds. The van der Waals surface area contributed by atoms with Crippen LogP contribution in [0.3, 0.4) is 0 Å². The zero-order chi connectivity index (χ0) is 9.26. The summed E-state index contributed by atoms with van der Waals surface area (Å²) >= 11 is 1.88. The smallest absolute Gasteiger partial charge is 0.0928 e. The number of hydrogen-bond acceptors (Lipinski definition) is 3. The Hall–Kier alpha value is -0.410. The number of aryl methyl sites for hydroxylation is 2. The van der Waals surface area contributed by atoms with Crippen molar-refractivity contribution in [3.8, 4) is 0 Å². The molecule has 1 atom stereocenters. The van der Waals surface area contributed by atoms with Crippen molar-refractivity contribution in [3.05, 3.63) is 15.6 Å². The van der Waals surface area contributed by atoms with Crippen LogP contribution >= 0.6 is 11.3 Å². The maximum absolute atomic E-state index is 4.55. The number of thiazole rings is 1. The highest BCUT2D eigenvalue weighted by atomic mass is 32.1. The van der Waals surface area contributed by atoms with Crippen LogP contribution in [0.1, 0.15) is 41.4 Å². The monoisotopic (exact) mass is 196 g/mol. The zero-order valence-electron chi connectivity index (χ0n) is 8.26. The molecule has 13 heavy (non-hydrogen) atoms. The van der Waals surface area contributed by atoms with E-state index in [1.54, 1.807) is 0 Å². The summed E-state index contributed by atoms with van der Waals surface area (Å²) in [5.74, 6) is 0. The standard InChI is InChI=1S/C10H16N2S/c1-3-9-12-7(2)10(13-9)8-5-4-6-11-8/h8,11H,3-6H2,1-2H3. The molecule has 0 bridgehead atoms. The second-order valence-electron chi connectivity index (χ2n) is 3.56. The molecule has 0 aliphatic carbocycles. The van der Waals surface area contributed by atoms with Crippen molar-refractivity contribution in [3.63, 3.8) is 0 Å².